The molecule has 2 radical (unpaired) electrons. The van der Waals surface area contributed by atoms with Crippen molar-refractivity contribution >= 4 is 15.4 Å². The van der Waals surface area contributed by atoms with Gasteiger partial charge in [0, 0.05) is 13.2 Å². The molecule has 0 aliphatic rings. The van der Waals surface area contributed by atoms with Crippen molar-refractivity contribution in [1.82, 2.24) is 0 Å². The van der Waals surface area contributed by atoms with Crippen molar-refractivity contribution < 1.29 is 13.9 Å². The predicted octanol–water partition coefficient (Wildman–Crippen LogP) is 2.04. The van der Waals surface area contributed by atoms with Gasteiger partial charge in [0.1, 0.15) is 0 Å². The molecule has 0 fully saturated rings. The van der Waals surface area contributed by atoms with Gasteiger partial charge in [-0.1, -0.05) is 23.3 Å². The third kappa shape index (κ3) is 13.5. The average Bonchev–Trinajstić information content (AvgIpc) is 2.14. The Hall–Kier alpha value is -0.510. The molecular formula is C10H18B2O3. The molecule has 0 aliphatic heterocycles. The second-order valence-corrected chi connectivity index (χ2v) is 3.56. The third-order valence-corrected chi connectivity index (χ3v) is 1.42. The van der Waals surface area contributed by atoms with Gasteiger partial charge in [0.05, 0.1) is 0 Å². The molecule has 0 unspecified atom stereocenters. The van der Waals surface area contributed by atoms with Gasteiger partial charge in [-0.25, -0.2) is 0 Å². The molecule has 0 aromatic carbocycles. The first-order chi connectivity index (χ1) is 7.13. The molecule has 15 heavy (non-hydrogen) atoms. The molecule has 0 saturated carbocycles. The Bertz CT molecular complexity index is 185. The Kier molecular flexibility index (Phi) is 9.68. The van der Waals surface area contributed by atoms with Crippen LogP contribution in [0.25, 0.3) is 0 Å². The van der Waals surface area contributed by atoms with E-state index in [0.29, 0.717) is 13.2 Å². The van der Waals surface area contributed by atoms with Crippen LogP contribution in [-0.4, -0.2) is 28.6 Å². The van der Waals surface area contributed by atoms with Gasteiger partial charge in [-0.3, -0.25) is 0 Å². The fraction of sp³-hybridized carbons (Fsp3) is 0.600. The Balaban J connectivity index is 3.12. The second-order valence-electron chi connectivity index (χ2n) is 3.56. The van der Waals surface area contributed by atoms with Crippen molar-refractivity contribution in [3.63, 3.8) is 0 Å². The van der Waals surface area contributed by atoms with Gasteiger partial charge in [0.2, 0.25) is 0 Å². The van der Waals surface area contributed by atoms with Crippen LogP contribution < -0.4 is 0 Å². The Morgan fingerprint density at radius 1 is 0.867 bits per heavy atom. The normalized spacial score (nSPS) is 9.33. The van der Waals surface area contributed by atoms with E-state index in [1.165, 1.54) is 26.5 Å². The molecule has 82 valence electrons. The number of allylic oxidation sites excluding steroid dienone is 2. The van der Waals surface area contributed by atoms with Crippen molar-refractivity contribution in [1.29, 1.82) is 0 Å². The van der Waals surface area contributed by atoms with E-state index in [1.54, 1.807) is 0 Å². The molecule has 0 rings (SSSR count). The van der Waals surface area contributed by atoms with Gasteiger partial charge in [0.15, 0.2) is 0 Å². The zero-order valence-corrected chi connectivity index (χ0v) is 9.95. The van der Waals surface area contributed by atoms with Crippen molar-refractivity contribution in [3.05, 3.63) is 23.3 Å². The van der Waals surface area contributed by atoms with Gasteiger partial charge in [-0.2, -0.15) is 0 Å². The molecule has 0 saturated heterocycles. The molecule has 5 heteroatoms. The summed E-state index contributed by atoms with van der Waals surface area (Å²) in [5.74, 6) is 0. The highest BCUT2D eigenvalue weighted by molar-refractivity contribution is 6.34. The van der Waals surface area contributed by atoms with E-state index < -0.39 is 0 Å². The van der Waals surface area contributed by atoms with E-state index in [-0.39, 0.29) is 0 Å². The molecule has 0 heterocycles. The van der Waals surface area contributed by atoms with Crippen LogP contribution in [0, 0.1) is 0 Å². The maximum atomic E-state index is 5.02. The molecular weight excluding hydrogens is 190 g/mol. The number of hydrogen-bond acceptors (Lipinski definition) is 3. The van der Waals surface area contributed by atoms with Crippen molar-refractivity contribution in [3.8, 4) is 0 Å². The number of hydrogen-bond donors (Lipinski definition) is 0. The summed E-state index contributed by atoms with van der Waals surface area (Å²) in [6, 6.07) is 0. The van der Waals surface area contributed by atoms with Crippen LogP contribution >= 0.6 is 0 Å². The third-order valence-electron chi connectivity index (χ3n) is 1.42. The lowest BCUT2D eigenvalue weighted by molar-refractivity contribution is 0.283. The van der Waals surface area contributed by atoms with Crippen LogP contribution in [0.15, 0.2) is 23.3 Å². The summed E-state index contributed by atoms with van der Waals surface area (Å²) >= 11 is 0. The monoisotopic (exact) mass is 208 g/mol. The lowest BCUT2D eigenvalue weighted by Gasteiger charge is -2.00. The topological polar surface area (TPSA) is 27.7 Å². The predicted molar refractivity (Wildman–Crippen MR) is 63.4 cm³/mol. The standard InChI is InChI=1S/C10H18B2O3/c1-9(2)5-7-13-11-15-12-14-8-6-10(3)4/h5-6H,7-8H2,1-4H3. The smallest absolute Gasteiger partial charge is 0.456 e. The van der Waals surface area contributed by atoms with E-state index in [9.17, 15) is 0 Å². The van der Waals surface area contributed by atoms with Crippen molar-refractivity contribution in [2.75, 3.05) is 13.2 Å². The highest BCUT2D eigenvalue weighted by atomic mass is 16.6. The number of rotatable bonds is 8. The second kappa shape index (κ2) is 10.0. The lowest BCUT2D eigenvalue weighted by Crippen LogP contribution is -2.11. The van der Waals surface area contributed by atoms with Gasteiger partial charge < -0.3 is 13.9 Å². The molecule has 0 N–H and O–H groups in total. The molecule has 0 amide bonds. The quantitative estimate of drug-likeness (QED) is 0.347. The van der Waals surface area contributed by atoms with Crippen LogP contribution in [0.2, 0.25) is 0 Å². The zero-order chi connectivity index (χ0) is 11.5. The first-order valence-electron chi connectivity index (χ1n) is 4.91. The molecule has 0 bridgehead atoms. The fourth-order valence-electron chi connectivity index (χ4n) is 0.609. The fourth-order valence-corrected chi connectivity index (χ4v) is 0.609. The summed E-state index contributed by atoms with van der Waals surface area (Å²) in [6.45, 7) is 9.09. The maximum absolute atomic E-state index is 5.02. The van der Waals surface area contributed by atoms with Crippen molar-refractivity contribution in [2.45, 2.75) is 27.7 Å². The van der Waals surface area contributed by atoms with E-state index >= 15 is 0 Å². The minimum Gasteiger partial charge on any atom is -0.456 e. The highest BCUT2D eigenvalue weighted by Gasteiger charge is 1.96. The van der Waals surface area contributed by atoms with E-state index in [1.807, 2.05) is 39.8 Å². The van der Waals surface area contributed by atoms with Crippen LogP contribution in [-0.2, 0) is 13.9 Å². The van der Waals surface area contributed by atoms with Crippen LogP contribution in [0.5, 0.6) is 0 Å². The Morgan fingerprint density at radius 3 is 1.60 bits per heavy atom. The largest absolute Gasteiger partial charge is 0.473 e. The van der Waals surface area contributed by atoms with Gasteiger partial charge in [0.25, 0.3) is 0 Å². The average molecular weight is 208 g/mol. The summed E-state index contributed by atoms with van der Waals surface area (Å²) in [4.78, 5) is 0. The van der Waals surface area contributed by atoms with Gasteiger partial charge in [-0.05, 0) is 27.7 Å². The molecule has 0 aromatic heterocycles. The first-order valence-corrected chi connectivity index (χ1v) is 4.91. The summed E-state index contributed by atoms with van der Waals surface area (Å²) in [5, 5.41) is 0. The molecule has 0 spiro atoms. The van der Waals surface area contributed by atoms with Gasteiger partial charge in [-0.15, -0.1) is 0 Å². The van der Waals surface area contributed by atoms with Crippen LogP contribution in [0.4, 0.5) is 0 Å². The zero-order valence-electron chi connectivity index (χ0n) is 9.95. The molecule has 0 aromatic rings. The lowest BCUT2D eigenvalue weighted by atomic mass is 10.2. The van der Waals surface area contributed by atoms with Crippen LogP contribution in [0.1, 0.15) is 27.7 Å². The summed E-state index contributed by atoms with van der Waals surface area (Å²) in [7, 11) is 2.50. The summed E-state index contributed by atoms with van der Waals surface area (Å²) in [5.41, 5.74) is 2.43. The minimum absolute atomic E-state index is 0.518. The maximum Gasteiger partial charge on any atom is 0.473 e. The van der Waals surface area contributed by atoms with Crippen molar-refractivity contribution in [2.24, 2.45) is 0 Å². The first kappa shape index (κ1) is 14.5. The summed E-state index contributed by atoms with van der Waals surface area (Å²) < 4.78 is 14.9. The van der Waals surface area contributed by atoms with Gasteiger partial charge >= 0.3 is 15.4 Å². The van der Waals surface area contributed by atoms with Crippen LogP contribution in [0.3, 0.4) is 0 Å². The summed E-state index contributed by atoms with van der Waals surface area (Å²) in [6.07, 6.45) is 3.92. The SMILES string of the molecule is CC(C)=CCO[B]O[B]OCC=C(C)C. The highest BCUT2D eigenvalue weighted by Crippen LogP contribution is 1.89. The Labute approximate surface area is 94.1 Å². The van der Waals surface area contributed by atoms with E-state index in [0.717, 1.165) is 0 Å². The molecule has 0 aliphatic carbocycles. The molecule has 3 nitrogen and oxygen atoms in total. The minimum atomic E-state index is 0.518. The molecule has 0 atom stereocenters. The van der Waals surface area contributed by atoms with E-state index in [4.69, 9.17) is 13.9 Å². The van der Waals surface area contributed by atoms with E-state index in [2.05, 4.69) is 0 Å². The Morgan fingerprint density at radius 2 is 1.27 bits per heavy atom.